The van der Waals surface area contributed by atoms with Crippen molar-refractivity contribution in [1.29, 1.82) is 0 Å². The fraction of sp³-hybridized carbons (Fsp3) is 0.650. The Labute approximate surface area is 141 Å². The first-order chi connectivity index (χ1) is 11.0. The Morgan fingerprint density at radius 1 is 1.39 bits per heavy atom. The standard InChI is InChI=1S/C20H31NO2/c1-5-23-20-9-8-17(15(2)3)13-18(20)19(22)10-12-21-11-6-7-16(4)14-21/h8-9,13,15-16H,5-7,10-12,14H2,1-4H3. The van der Waals surface area contributed by atoms with Gasteiger partial charge in [0.15, 0.2) is 5.78 Å². The Morgan fingerprint density at radius 3 is 2.83 bits per heavy atom. The van der Waals surface area contributed by atoms with Crippen molar-refractivity contribution in [2.24, 2.45) is 5.92 Å². The Balaban J connectivity index is 2.05. The molecule has 0 saturated carbocycles. The summed E-state index contributed by atoms with van der Waals surface area (Å²) in [4.78, 5) is 15.2. The lowest BCUT2D eigenvalue weighted by molar-refractivity contribution is 0.0945. The molecule has 0 aliphatic carbocycles. The van der Waals surface area contributed by atoms with E-state index in [2.05, 4.69) is 31.7 Å². The summed E-state index contributed by atoms with van der Waals surface area (Å²) in [5.41, 5.74) is 1.95. The van der Waals surface area contributed by atoms with Crippen LogP contribution in [0.2, 0.25) is 0 Å². The number of Topliss-reactive ketones (excluding diaryl/α,β-unsaturated/α-hetero) is 1. The number of carbonyl (C=O) groups is 1. The molecule has 128 valence electrons. The zero-order valence-electron chi connectivity index (χ0n) is 15.1. The van der Waals surface area contributed by atoms with Crippen molar-refractivity contribution in [3.8, 4) is 5.75 Å². The number of ether oxygens (including phenoxy) is 1. The summed E-state index contributed by atoms with van der Waals surface area (Å²) in [5, 5.41) is 0. The van der Waals surface area contributed by atoms with E-state index in [1.807, 2.05) is 19.1 Å². The van der Waals surface area contributed by atoms with Gasteiger partial charge < -0.3 is 9.64 Å². The van der Waals surface area contributed by atoms with Gasteiger partial charge in [-0.1, -0.05) is 26.8 Å². The first-order valence-electron chi connectivity index (χ1n) is 9.03. The molecule has 3 nitrogen and oxygen atoms in total. The lowest BCUT2D eigenvalue weighted by Gasteiger charge is -2.30. The number of likely N-dealkylation sites (tertiary alicyclic amines) is 1. The van der Waals surface area contributed by atoms with Crippen LogP contribution in [0.4, 0.5) is 0 Å². The molecule has 0 spiro atoms. The average Bonchev–Trinajstić information content (AvgIpc) is 2.53. The fourth-order valence-corrected chi connectivity index (χ4v) is 3.29. The van der Waals surface area contributed by atoms with Gasteiger partial charge in [-0.05, 0) is 55.8 Å². The smallest absolute Gasteiger partial charge is 0.167 e. The second kappa shape index (κ2) is 8.49. The first kappa shape index (κ1) is 18.0. The van der Waals surface area contributed by atoms with Crippen LogP contribution in [0.15, 0.2) is 18.2 Å². The van der Waals surface area contributed by atoms with Gasteiger partial charge in [-0.3, -0.25) is 4.79 Å². The van der Waals surface area contributed by atoms with Crippen LogP contribution in [0, 0.1) is 5.92 Å². The lowest BCUT2D eigenvalue weighted by Crippen LogP contribution is -2.35. The van der Waals surface area contributed by atoms with E-state index in [0.29, 0.717) is 18.9 Å². The molecule has 23 heavy (non-hydrogen) atoms. The molecule has 0 radical (unpaired) electrons. The summed E-state index contributed by atoms with van der Waals surface area (Å²) in [7, 11) is 0. The Hall–Kier alpha value is -1.35. The number of hydrogen-bond donors (Lipinski definition) is 0. The third-order valence-corrected chi connectivity index (χ3v) is 4.67. The Kier molecular flexibility index (Phi) is 6.64. The average molecular weight is 317 g/mol. The predicted octanol–water partition coefficient (Wildman–Crippen LogP) is 4.51. The number of piperidine rings is 1. The summed E-state index contributed by atoms with van der Waals surface area (Å²) in [6.45, 7) is 12.3. The van der Waals surface area contributed by atoms with Crippen molar-refractivity contribution in [2.45, 2.75) is 52.9 Å². The number of hydrogen-bond acceptors (Lipinski definition) is 3. The topological polar surface area (TPSA) is 29.5 Å². The van der Waals surface area contributed by atoms with E-state index in [-0.39, 0.29) is 5.78 Å². The maximum absolute atomic E-state index is 12.7. The van der Waals surface area contributed by atoms with Crippen LogP contribution in [-0.2, 0) is 0 Å². The van der Waals surface area contributed by atoms with Gasteiger partial charge in [0.1, 0.15) is 5.75 Å². The van der Waals surface area contributed by atoms with E-state index in [1.54, 1.807) is 0 Å². The van der Waals surface area contributed by atoms with Crippen LogP contribution < -0.4 is 4.74 Å². The van der Waals surface area contributed by atoms with E-state index in [9.17, 15) is 4.79 Å². The monoisotopic (exact) mass is 317 g/mol. The molecule has 0 aromatic heterocycles. The van der Waals surface area contributed by atoms with Crippen LogP contribution in [-0.4, -0.2) is 36.9 Å². The molecule has 1 unspecified atom stereocenters. The predicted molar refractivity (Wildman–Crippen MR) is 95.5 cm³/mol. The Morgan fingerprint density at radius 2 is 2.17 bits per heavy atom. The molecule has 1 fully saturated rings. The number of carbonyl (C=O) groups excluding carboxylic acids is 1. The first-order valence-corrected chi connectivity index (χ1v) is 9.03. The molecule has 1 aromatic rings. The van der Waals surface area contributed by atoms with Gasteiger partial charge >= 0.3 is 0 Å². The molecule has 2 rings (SSSR count). The molecule has 1 heterocycles. The van der Waals surface area contributed by atoms with E-state index in [1.165, 1.54) is 18.4 Å². The normalized spacial score (nSPS) is 19.1. The third-order valence-electron chi connectivity index (χ3n) is 4.67. The van der Waals surface area contributed by atoms with Crippen molar-refractivity contribution in [1.82, 2.24) is 4.90 Å². The molecule has 1 saturated heterocycles. The molecule has 1 aliphatic rings. The second-order valence-corrected chi connectivity index (χ2v) is 7.06. The molecule has 0 amide bonds. The van der Waals surface area contributed by atoms with Crippen LogP contribution in [0.5, 0.6) is 5.75 Å². The SMILES string of the molecule is CCOc1ccc(C(C)C)cc1C(=O)CCN1CCCC(C)C1. The van der Waals surface area contributed by atoms with Crippen molar-refractivity contribution >= 4 is 5.78 Å². The van der Waals surface area contributed by atoms with Gasteiger partial charge in [0.25, 0.3) is 0 Å². The third kappa shape index (κ3) is 5.07. The maximum atomic E-state index is 12.7. The van der Waals surface area contributed by atoms with Gasteiger partial charge in [-0.2, -0.15) is 0 Å². The van der Waals surface area contributed by atoms with Crippen LogP contribution in [0.1, 0.15) is 68.8 Å². The van der Waals surface area contributed by atoms with Gasteiger partial charge in [0.05, 0.1) is 12.2 Å². The van der Waals surface area contributed by atoms with Crippen molar-refractivity contribution in [3.05, 3.63) is 29.3 Å². The highest BCUT2D eigenvalue weighted by molar-refractivity contribution is 5.99. The highest BCUT2D eigenvalue weighted by Crippen LogP contribution is 2.26. The second-order valence-electron chi connectivity index (χ2n) is 7.06. The number of ketones is 1. The zero-order valence-corrected chi connectivity index (χ0v) is 15.1. The van der Waals surface area contributed by atoms with E-state index >= 15 is 0 Å². The lowest BCUT2D eigenvalue weighted by atomic mass is 9.96. The Bertz CT molecular complexity index is 524. The molecular weight excluding hydrogens is 286 g/mol. The molecule has 0 N–H and O–H groups in total. The van der Waals surface area contributed by atoms with Crippen LogP contribution in [0.25, 0.3) is 0 Å². The molecule has 1 aromatic carbocycles. The van der Waals surface area contributed by atoms with Gasteiger partial charge in [0.2, 0.25) is 0 Å². The van der Waals surface area contributed by atoms with Gasteiger partial charge in [-0.15, -0.1) is 0 Å². The van der Waals surface area contributed by atoms with Crippen molar-refractivity contribution in [2.75, 3.05) is 26.2 Å². The highest BCUT2D eigenvalue weighted by Gasteiger charge is 2.19. The number of rotatable bonds is 7. The number of benzene rings is 1. The van der Waals surface area contributed by atoms with E-state index in [0.717, 1.165) is 36.9 Å². The molecule has 1 atom stereocenters. The summed E-state index contributed by atoms with van der Waals surface area (Å²) >= 11 is 0. The maximum Gasteiger partial charge on any atom is 0.167 e. The fourth-order valence-electron chi connectivity index (χ4n) is 3.29. The minimum Gasteiger partial charge on any atom is -0.493 e. The summed E-state index contributed by atoms with van der Waals surface area (Å²) < 4.78 is 5.67. The van der Waals surface area contributed by atoms with E-state index < -0.39 is 0 Å². The van der Waals surface area contributed by atoms with Crippen molar-refractivity contribution in [3.63, 3.8) is 0 Å². The highest BCUT2D eigenvalue weighted by atomic mass is 16.5. The zero-order chi connectivity index (χ0) is 16.8. The van der Waals surface area contributed by atoms with E-state index in [4.69, 9.17) is 4.74 Å². The summed E-state index contributed by atoms with van der Waals surface area (Å²) in [6.07, 6.45) is 3.14. The van der Waals surface area contributed by atoms with Gasteiger partial charge in [0, 0.05) is 19.5 Å². The minimum atomic E-state index is 0.203. The largest absolute Gasteiger partial charge is 0.493 e. The van der Waals surface area contributed by atoms with Crippen molar-refractivity contribution < 1.29 is 9.53 Å². The quantitative estimate of drug-likeness (QED) is 0.693. The van der Waals surface area contributed by atoms with Crippen LogP contribution >= 0.6 is 0 Å². The molecule has 0 bridgehead atoms. The summed E-state index contributed by atoms with van der Waals surface area (Å²) in [5.74, 6) is 2.10. The molecule has 3 heteroatoms. The summed E-state index contributed by atoms with van der Waals surface area (Å²) in [6, 6.07) is 6.05. The minimum absolute atomic E-state index is 0.203. The van der Waals surface area contributed by atoms with Crippen LogP contribution in [0.3, 0.4) is 0 Å². The van der Waals surface area contributed by atoms with Gasteiger partial charge in [-0.25, -0.2) is 0 Å². The molecule has 1 aliphatic heterocycles. The molecular formula is C20H31NO2. The number of nitrogens with zero attached hydrogens (tertiary/aromatic N) is 1.